The molecule has 0 aromatic carbocycles. The first-order valence-corrected chi connectivity index (χ1v) is 5.40. The minimum Gasteiger partial charge on any atom is -0.461 e. The molecule has 88 valence electrons. The molecule has 2 heterocycles. The number of ether oxygens (including phenoxy) is 2. The number of H-pyrrole nitrogens is 1. The molecule has 0 saturated carbocycles. The number of hydrogen-bond acceptors (Lipinski definition) is 4. The standard InChI is InChI=1S/C11H16N2O3/c1-4-15-10(14)9-7-5-11(2,3)16-6-8(7)12-13-9/h4-6H2,1-3H3,(H,12,13). The van der Waals surface area contributed by atoms with Crippen molar-refractivity contribution in [3.05, 3.63) is 17.0 Å². The van der Waals surface area contributed by atoms with Crippen molar-refractivity contribution in [1.82, 2.24) is 10.2 Å². The Hall–Kier alpha value is -1.36. The number of aromatic amines is 1. The summed E-state index contributed by atoms with van der Waals surface area (Å²) < 4.78 is 10.6. The van der Waals surface area contributed by atoms with Gasteiger partial charge in [0.1, 0.15) is 0 Å². The highest BCUT2D eigenvalue weighted by atomic mass is 16.5. The maximum Gasteiger partial charge on any atom is 0.359 e. The summed E-state index contributed by atoms with van der Waals surface area (Å²) in [6.07, 6.45) is 0.674. The molecule has 0 saturated heterocycles. The van der Waals surface area contributed by atoms with Crippen LogP contribution in [0.5, 0.6) is 0 Å². The van der Waals surface area contributed by atoms with Crippen LogP contribution in [0.4, 0.5) is 0 Å². The lowest BCUT2D eigenvalue weighted by molar-refractivity contribution is -0.0416. The van der Waals surface area contributed by atoms with E-state index in [1.807, 2.05) is 13.8 Å². The fraction of sp³-hybridized carbons (Fsp3) is 0.636. The van der Waals surface area contributed by atoms with Crippen molar-refractivity contribution in [2.45, 2.75) is 39.4 Å². The fourth-order valence-electron chi connectivity index (χ4n) is 1.82. The fourth-order valence-corrected chi connectivity index (χ4v) is 1.82. The van der Waals surface area contributed by atoms with Crippen LogP contribution in [0.1, 0.15) is 42.5 Å². The molecule has 2 rings (SSSR count). The van der Waals surface area contributed by atoms with Crippen LogP contribution in [0.25, 0.3) is 0 Å². The van der Waals surface area contributed by atoms with Crippen LogP contribution in [0.15, 0.2) is 0 Å². The van der Waals surface area contributed by atoms with E-state index in [1.54, 1.807) is 6.92 Å². The quantitative estimate of drug-likeness (QED) is 0.772. The van der Waals surface area contributed by atoms with Crippen molar-refractivity contribution in [2.24, 2.45) is 0 Å². The molecule has 1 N–H and O–H groups in total. The molecule has 16 heavy (non-hydrogen) atoms. The first-order chi connectivity index (χ1) is 7.53. The Bertz CT molecular complexity index is 409. The Morgan fingerprint density at radius 3 is 3.06 bits per heavy atom. The molecule has 5 heteroatoms. The molecule has 0 unspecified atom stereocenters. The molecular formula is C11H16N2O3. The van der Waals surface area contributed by atoms with Gasteiger partial charge in [0.15, 0.2) is 5.69 Å². The number of carbonyl (C=O) groups excluding carboxylic acids is 1. The van der Waals surface area contributed by atoms with Crippen molar-refractivity contribution in [2.75, 3.05) is 6.61 Å². The Kier molecular flexibility index (Phi) is 2.71. The van der Waals surface area contributed by atoms with E-state index in [0.717, 1.165) is 11.3 Å². The number of rotatable bonds is 2. The maximum absolute atomic E-state index is 11.6. The van der Waals surface area contributed by atoms with E-state index in [1.165, 1.54) is 0 Å². The van der Waals surface area contributed by atoms with Gasteiger partial charge in [0.2, 0.25) is 0 Å². The topological polar surface area (TPSA) is 64.2 Å². The summed E-state index contributed by atoms with van der Waals surface area (Å²) in [5, 5.41) is 6.83. The van der Waals surface area contributed by atoms with Crippen LogP contribution in [-0.4, -0.2) is 28.4 Å². The van der Waals surface area contributed by atoms with E-state index in [2.05, 4.69) is 10.2 Å². The van der Waals surface area contributed by atoms with Gasteiger partial charge < -0.3 is 9.47 Å². The number of hydrogen-bond donors (Lipinski definition) is 1. The van der Waals surface area contributed by atoms with Crippen LogP contribution in [0.2, 0.25) is 0 Å². The largest absolute Gasteiger partial charge is 0.461 e. The lowest BCUT2D eigenvalue weighted by Crippen LogP contribution is -2.32. The average Bonchev–Trinajstić information content (AvgIpc) is 2.59. The summed E-state index contributed by atoms with van der Waals surface area (Å²) >= 11 is 0. The van der Waals surface area contributed by atoms with E-state index in [4.69, 9.17) is 9.47 Å². The molecule has 1 aromatic heterocycles. The Labute approximate surface area is 94.1 Å². The number of nitrogens with one attached hydrogen (secondary N) is 1. The third kappa shape index (κ3) is 1.95. The molecule has 0 radical (unpaired) electrons. The van der Waals surface area contributed by atoms with Gasteiger partial charge in [-0.2, -0.15) is 5.10 Å². The summed E-state index contributed by atoms with van der Waals surface area (Å²) in [7, 11) is 0. The van der Waals surface area contributed by atoms with Gasteiger partial charge in [-0.05, 0) is 20.8 Å². The predicted octanol–water partition coefficient (Wildman–Crippen LogP) is 1.44. The van der Waals surface area contributed by atoms with Gasteiger partial charge in [-0.1, -0.05) is 0 Å². The second-order valence-electron chi connectivity index (χ2n) is 4.47. The summed E-state index contributed by atoms with van der Waals surface area (Å²) in [5.74, 6) is -0.363. The molecule has 0 amide bonds. The van der Waals surface area contributed by atoms with Crippen molar-refractivity contribution >= 4 is 5.97 Å². The van der Waals surface area contributed by atoms with Crippen LogP contribution in [-0.2, 0) is 22.5 Å². The van der Waals surface area contributed by atoms with Gasteiger partial charge in [-0.15, -0.1) is 0 Å². The lowest BCUT2D eigenvalue weighted by Gasteiger charge is -2.29. The van der Waals surface area contributed by atoms with Gasteiger partial charge in [-0.25, -0.2) is 4.79 Å². The first-order valence-electron chi connectivity index (χ1n) is 5.40. The average molecular weight is 224 g/mol. The van der Waals surface area contributed by atoms with E-state index >= 15 is 0 Å². The van der Waals surface area contributed by atoms with Crippen molar-refractivity contribution in [3.63, 3.8) is 0 Å². The summed E-state index contributed by atoms with van der Waals surface area (Å²) in [5.41, 5.74) is 1.95. The Morgan fingerprint density at radius 2 is 2.38 bits per heavy atom. The maximum atomic E-state index is 11.6. The van der Waals surface area contributed by atoms with Crippen LogP contribution in [0, 0.1) is 0 Å². The third-order valence-corrected chi connectivity index (χ3v) is 2.63. The van der Waals surface area contributed by atoms with Crippen LogP contribution < -0.4 is 0 Å². The normalized spacial score (nSPS) is 17.9. The number of carbonyl (C=O) groups is 1. The predicted molar refractivity (Wildman–Crippen MR) is 57.1 cm³/mol. The second kappa shape index (κ2) is 3.90. The van der Waals surface area contributed by atoms with E-state index in [9.17, 15) is 4.79 Å². The van der Waals surface area contributed by atoms with Crippen LogP contribution >= 0.6 is 0 Å². The minimum atomic E-state index is -0.363. The van der Waals surface area contributed by atoms with Gasteiger partial charge in [0.05, 0.1) is 24.5 Å². The first kappa shape index (κ1) is 11.1. The molecule has 1 aliphatic heterocycles. The molecule has 0 aliphatic carbocycles. The molecule has 0 spiro atoms. The van der Waals surface area contributed by atoms with Crippen molar-refractivity contribution in [3.8, 4) is 0 Å². The third-order valence-electron chi connectivity index (χ3n) is 2.63. The smallest absolute Gasteiger partial charge is 0.359 e. The van der Waals surface area contributed by atoms with Gasteiger partial charge in [0, 0.05) is 12.0 Å². The minimum absolute atomic E-state index is 0.252. The van der Waals surface area contributed by atoms with Gasteiger partial charge in [-0.3, -0.25) is 5.10 Å². The van der Waals surface area contributed by atoms with Crippen LogP contribution in [0.3, 0.4) is 0 Å². The number of nitrogens with zero attached hydrogens (tertiary/aromatic N) is 1. The number of esters is 1. The highest BCUT2D eigenvalue weighted by molar-refractivity contribution is 5.89. The lowest BCUT2D eigenvalue weighted by atomic mass is 9.94. The second-order valence-corrected chi connectivity index (χ2v) is 4.47. The zero-order chi connectivity index (χ0) is 11.8. The van der Waals surface area contributed by atoms with E-state index in [-0.39, 0.29) is 11.6 Å². The van der Waals surface area contributed by atoms with E-state index < -0.39 is 0 Å². The summed E-state index contributed by atoms with van der Waals surface area (Å²) in [4.78, 5) is 11.6. The molecule has 0 atom stereocenters. The molecule has 1 aromatic rings. The zero-order valence-corrected chi connectivity index (χ0v) is 9.79. The number of aromatic nitrogens is 2. The highest BCUT2D eigenvalue weighted by Crippen LogP contribution is 2.28. The molecule has 0 fully saturated rings. The van der Waals surface area contributed by atoms with E-state index in [0.29, 0.717) is 25.3 Å². The SMILES string of the molecule is CCOC(=O)c1n[nH]c2c1CC(C)(C)OC2. The molecule has 5 nitrogen and oxygen atoms in total. The Balaban J connectivity index is 2.30. The zero-order valence-electron chi connectivity index (χ0n) is 9.79. The molecular weight excluding hydrogens is 208 g/mol. The monoisotopic (exact) mass is 224 g/mol. The summed E-state index contributed by atoms with van der Waals surface area (Å²) in [6.45, 7) is 6.61. The van der Waals surface area contributed by atoms with Gasteiger partial charge in [0.25, 0.3) is 0 Å². The summed E-state index contributed by atoms with van der Waals surface area (Å²) in [6, 6.07) is 0. The molecule has 1 aliphatic rings. The molecule has 0 bridgehead atoms. The van der Waals surface area contributed by atoms with Crippen molar-refractivity contribution < 1.29 is 14.3 Å². The van der Waals surface area contributed by atoms with Gasteiger partial charge >= 0.3 is 5.97 Å². The highest BCUT2D eigenvalue weighted by Gasteiger charge is 2.32. The number of fused-ring (bicyclic) bond motifs is 1. The van der Waals surface area contributed by atoms with Crippen molar-refractivity contribution in [1.29, 1.82) is 0 Å². The Morgan fingerprint density at radius 1 is 1.62 bits per heavy atom.